The number of rotatable bonds is 8. The fraction of sp³-hybridized carbons (Fsp3) is 0.483. The first-order chi connectivity index (χ1) is 21.8. The van der Waals surface area contributed by atoms with E-state index in [0.717, 1.165) is 12.1 Å². The van der Waals surface area contributed by atoms with Crippen LogP contribution in [0.15, 0.2) is 33.5 Å². The van der Waals surface area contributed by atoms with E-state index < -0.39 is 96.1 Å². The third-order valence-electron chi connectivity index (χ3n) is 7.80. The number of aliphatic hydroxyl groups excluding tert-OH is 6. The molecule has 3 heterocycles. The van der Waals surface area contributed by atoms with Crippen LogP contribution in [0.2, 0.25) is 0 Å². The van der Waals surface area contributed by atoms with Crippen molar-refractivity contribution >= 4 is 11.0 Å². The summed E-state index contributed by atoms with van der Waals surface area (Å²) in [5.74, 6) is -2.76. The van der Waals surface area contributed by atoms with Gasteiger partial charge in [-0.25, -0.2) is 0 Å². The summed E-state index contributed by atoms with van der Waals surface area (Å²) in [6.07, 6.45) is -16.2. The van der Waals surface area contributed by atoms with Crippen LogP contribution in [0.25, 0.3) is 22.3 Å². The molecule has 17 heteroatoms. The van der Waals surface area contributed by atoms with E-state index in [9.17, 15) is 50.8 Å². The Morgan fingerprint density at radius 1 is 0.761 bits per heavy atom. The number of benzene rings is 2. The summed E-state index contributed by atoms with van der Waals surface area (Å²) < 4.78 is 38.6. The summed E-state index contributed by atoms with van der Waals surface area (Å²) in [4.78, 5) is 13.8. The highest BCUT2D eigenvalue weighted by atomic mass is 16.7. The summed E-state index contributed by atoms with van der Waals surface area (Å²) in [6.45, 7) is 0.824. The first-order valence-electron chi connectivity index (χ1n) is 13.9. The van der Waals surface area contributed by atoms with Crippen molar-refractivity contribution < 1.29 is 78.8 Å². The lowest BCUT2D eigenvalue weighted by Crippen LogP contribution is -2.61. The molecular weight excluding hydrogens is 620 g/mol. The number of fused-ring (bicyclic) bond motifs is 1. The highest BCUT2D eigenvalue weighted by Gasteiger charge is 2.48. The van der Waals surface area contributed by atoms with Crippen LogP contribution in [-0.4, -0.2) is 128 Å². The Bertz CT molecular complexity index is 1600. The first-order valence-corrected chi connectivity index (χ1v) is 13.9. The van der Waals surface area contributed by atoms with Crippen molar-refractivity contribution in [3.63, 3.8) is 0 Å². The predicted molar refractivity (Wildman–Crippen MR) is 152 cm³/mol. The lowest BCUT2D eigenvalue weighted by atomic mass is 9.98. The van der Waals surface area contributed by atoms with E-state index in [1.54, 1.807) is 0 Å². The summed E-state index contributed by atoms with van der Waals surface area (Å²) in [6, 6.07) is 4.45. The number of hydrogen-bond donors (Lipinski definition) is 9. The summed E-state index contributed by atoms with van der Waals surface area (Å²) in [5, 5.41) is 92.7. The molecule has 0 aliphatic carbocycles. The van der Waals surface area contributed by atoms with Gasteiger partial charge in [-0.2, -0.15) is 0 Å². The molecule has 46 heavy (non-hydrogen) atoms. The molecule has 252 valence electrons. The van der Waals surface area contributed by atoms with Crippen LogP contribution in [0.3, 0.4) is 0 Å². The molecule has 2 aliphatic rings. The van der Waals surface area contributed by atoms with Crippen molar-refractivity contribution in [1.29, 1.82) is 0 Å². The molecule has 2 saturated heterocycles. The van der Waals surface area contributed by atoms with Crippen molar-refractivity contribution in [2.75, 3.05) is 20.8 Å². The number of phenols is 3. The Hall–Kier alpha value is -3.91. The zero-order valence-electron chi connectivity index (χ0n) is 24.6. The fourth-order valence-corrected chi connectivity index (χ4v) is 5.20. The second-order valence-corrected chi connectivity index (χ2v) is 10.8. The largest absolute Gasteiger partial charge is 0.508 e. The molecule has 1 aromatic heterocycles. The molecule has 10 atom stereocenters. The Morgan fingerprint density at radius 2 is 1.37 bits per heavy atom. The maximum Gasteiger partial charge on any atom is 0.239 e. The molecule has 3 aromatic rings. The van der Waals surface area contributed by atoms with Gasteiger partial charge < -0.3 is 78.8 Å². The van der Waals surface area contributed by atoms with Gasteiger partial charge in [-0.1, -0.05) is 0 Å². The Balaban J connectivity index is 1.52. The van der Waals surface area contributed by atoms with Crippen molar-refractivity contribution in [2.24, 2.45) is 0 Å². The number of methoxy groups -OCH3 is 2. The van der Waals surface area contributed by atoms with Gasteiger partial charge in [0.25, 0.3) is 0 Å². The first kappa shape index (κ1) is 33.5. The third-order valence-corrected chi connectivity index (χ3v) is 7.80. The zero-order valence-corrected chi connectivity index (χ0v) is 24.6. The number of aromatic hydroxyl groups is 3. The minimum atomic E-state index is -1.97. The smallest absolute Gasteiger partial charge is 0.239 e. The van der Waals surface area contributed by atoms with Gasteiger partial charge in [-0.05, 0) is 19.1 Å². The molecule has 2 fully saturated rings. The lowest BCUT2D eigenvalue weighted by Gasteiger charge is -2.42. The molecule has 0 spiro atoms. The van der Waals surface area contributed by atoms with Gasteiger partial charge in [0, 0.05) is 17.7 Å². The second kappa shape index (κ2) is 13.1. The van der Waals surface area contributed by atoms with E-state index >= 15 is 0 Å². The summed E-state index contributed by atoms with van der Waals surface area (Å²) >= 11 is 0. The standard InChI is InChI=1S/C29H34O17/c1-9-18(32)22(36)24(38)28(43-9)42-8-16-20(34)23(37)25(39)29(45-16)46-27-21(35)17-12(31)6-11(30)7-13(17)44-26(27)10-4-14(40-2)19(33)15(5-10)41-3/h4-7,9,16,18,20,22-25,28-34,36-39H,8H2,1-3H3/t9-,16-,18-,20-,22-,23-,24+,25-,28+,29-/m1/s1. The van der Waals surface area contributed by atoms with Crippen molar-refractivity contribution in [2.45, 2.75) is 68.3 Å². The molecule has 2 aromatic carbocycles. The maximum atomic E-state index is 13.8. The molecule has 0 saturated carbocycles. The predicted octanol–water partition coefficient (Wildman–Crippen LogP) is -1.38. The molecule has 9 N–H and O–H groups in total. The van der Waals surface area contributed by atoms with Gasteiger partial charge in [0.15, 0.2) is 23.5 Å². The van der Waals surface area contributed by atoms with E-state index in [4.69, 9.17) is 32.8 Å². The quantitative estimate of drug-likeness (QED) is 0.135. The highest BCUT2D eigenvalue weighted by Crippen LogP contribution is 2.44. The van der Waals surface area contributed by atoms with Gasteiger partial charge in [-0.3, -0.25) is 4.79 Å². The molecule has 5 rings (SSSR count). The normalized spacial score (nSPS) is 31.5. The maximum absolute atomic E-state index is 13.8. The minimum Gasteiger partial charge on any atom is -0.508 e. The van der Waals surface area contributed by atoms with Gasteiger partial charge in [0.05, 0.1) is 26.9 Å². The Labute approximate surface area is 259 Å². The number of phenolic OH excluding ortho intramolecular Hbond substituents is 3. The minimum absolute atomic E-state index is 0.0207. The third kappa shape index (κ3) is 5.99. The number of aliphatic hydroxyl groups is 6. The molecule has 0 radical (unpaired) electrons. The second-order valence-electron chi connectivity index (χ2n) is 10.8. The van der Waals surface area contributed by atoms with Crippen LogP contribution in [0.4, 0.5) is 0 Å². The number of hydrogen-bond acceptors (Lipinski definition) is 17. The molecular formula is C29H34O17. The monoisotopic (exact) mass is 654 g/mol. The molecule has 0 bridgehead atoms. The lowest BCUT2D eigenvalue weighted by molar-refractivity contribution is -0.318. The Kier molecular flexibility index (Phi) is 9.50. The molecule has 17 nitrogen and oxygen atoms in total. The SMILES string of the molecule is COc1cc(-c2oc3cc(O)cc(O)c3c(=O)c2O[C@H]2O[C@H](CO[C@H]3O[C@H](C)[C@@H](O)[C@@H](O)[C@@H]3O)[C@@H](O)[C@@H](O)[C@H]2O)cc(OC)c1O. The van der Waals surface area contributed by atoms with Crippen LogP contribution < -0.4 is 19.6 Å². The van der Waals surface area contributed by atoms with Crippen LogP contribution in [0, 0.1) is 0 Å². The van der Waals surface area contributed by atoms with Crippen molar-refractivity contribution in [1.82, 2.24) is 0 Å². The average Bonchev–Trinajstić information content (AvgIpc) is 3.02. The van der Waals surface area contributed by atoms with Crippen molar-refractivity contribution in [3.8, 4) is 45.8 Å². The van der Waals surface area contributed by atoms with Crippen LogP contribution >= 0.6 is 0 Å². The van der Waals surface area contributed by atoms with Crippen LogP contribution in [-0.2, 0) is 14.2 Å². The molecule has 0 unspecified atom stereocenters. The van der Waals surface area contributed by atoms with Crippen LogP contribution in [0.5, 0.6) is 34.5 Å². The van der Waals surface area contributed by atoms with E-state index in [1.165, 1.54) is 33.3 Å². The van der Waals surface area contributed by atoms with Crippen LogP contribution in [0.1, 0.15) is 6.92 Å². The van der Waals surface area contributed by atoms with Gasteiger partial charge >= 0.3 is 0 Å². The zero-order chi connectivity index (χ0) is 33.6. The molecule has 2 aliphatic heterocycles. The van der Waals surface area contributed by atoms with E-state index in [2.05, 4.69) is 0 Å². The fourth-order valence-electron chi connectivity index (χ4n) is 5.20. The number of ether oxygens (including phenoxy) is 6. The van der Waals surface area contributed by atoms with Gasteiger partial charge in [0.1, 0.15) is 65.2 Å². The average molecular weight is 655 g/mol. The summed E-state index contributed by atoms with van der Waals surface area (Å²) in [5.41, 5.74) is -1.27. The highest BCUT2D eigenvalue weighted by molar-refractivity contribution is 5.88. The Morgan fingerprint density at radius 3 is 2.00 bits per heavy atom. The van der Waals surface area contributed by atoms with Gasteiger partial charge in [0.2, 0.25) is 23.2 Å². The van der Waals surface area contributed by atoms with Crippen molar-refractivity contribution in [3.05, 3.63) is 34.5 Å². The molecule has 0 amide bonds. The van der Waals surface area contributed by atoms with E-state index in [0.29, 0.717) is 0 Å². The van der Waals surface area contributed by atoms with Gasteiger partial charge in [-0.15, -0.1) is 0 Å². The van der Waals surface area contributed by atoms with E-state index in [1.807, 2.05) is 0 Å². The topological polar surface area (TPSA) is 268 Å². The van der Waals surface area contributed by atoms with E-state index in [-0.39, 0.29) is 34.2 Å². The summed E-state index contributed by atoms with van der Waals surface area (Å²) in [7, 11) is 2.51.